The minimum Gasteiger partial charge on any atom is -0.496 e. The van der Waals surface area contributed by atoms with E-state index in [1.165, 1.54) is 11.1 Å². The van der Waals surface area contributed by atoms with E-state index in [0.717, 1.165) is 50.7 Å². The zero-order chi connectivity index (χ0) is 19.2. The van der Waals surface area contributed by atoms with Gasteiger partial charge in [-0.25, -0.2) is 0 Å². The maximum Gasteiger partial charge on any atom is 0.190 e. The first-order chi connectivity index (χ1) is 13.3. The average molecular weight is 497 g/mol. The minimum atomic E-state index is 0. The fraction of sp³-hybridized carbons (Fsp3) is 0.409. The summed E-state index contributed by atoms with van der Waals surface area (Å²) in [5.74, 6) is 1.76. The summed E-state index contributed by atoms with van der Waals surface area (Å²) >= 11 is 0. The van der Waals surface area contributed by atoms with Gasteiger partial charge in [0.1, 0.15) is 5.75 Å². The van der Waals surface area contributed by atoms with Crippen LogP contribution in [0.5, 0.6) is 5.75 Å². The lowest BCUT2D eigenvalue weighted by Gasteiger charge is -2.13. The van der Waals surface area contributed by atoms with Gasteiger partial charge in [0.25, 0.3) is 0 Å². The molecule has 0 unspecified atom stereocenters. The third-order valence-electron chi connectivity index (χ3n) is 4.22. The number of hydrogen-bond acceptors (Lipinski definition) is 3. The number of aliphatic imine (C=N–C) groups is 1. The molecule has 28 heavy (non-hydrogen) atoms. The fourth-order valence-electron chi connectivity index (χ4n) is 2.75. The van der Waals surface area contributed by atoms with Crippen LogP contribution in [0, 0.1) is 0 Å². The minimum absolute atomic E-state index is 0. The van der Waals surface area contributed by atoms with E-state index in [1.54, 1.807) is 14.2 Å². The molecular weight excluding hydrogens is 465 g/mol. The van der Waals surface area contributed by atoms with Crippen LogP contribution in [0.15, 0.2) is 59.6 Å². The Morgan fingerprint density at radius 2 is 1.64 bits per heavy atom. The highest BCUT2D eigenvalue weighted by atomic mass is 127. The van der Waals surface area contributed by atoms with E-state index >= 15 is 0 Å². The fourth-order valence-corrected chi connectivity index (χ4v) is 2.75. The molecule has 0 spiro atoms. The van der Waals surface area contributed by atoms with E-state index < -0.39 is 0 Å². The second kappa shape index (κ2) is 15.2. The van der Waals surface area contributed by atoms with Crippen LogP contribution in [0.4, 0.5) is 0 Å². The molecule has 5 nitrogen and oxygen atoms in total. The number of hydrogen-bond donors (Lipinski definition) is 2. The number of ether oxygens (including phenoxy) is 2. The van der Waals surface area contributed by atoms with E-state index in [2.05, 4.69) is 33.8 Å². The molecule has 2 N–H and O–H groups in total. The van der Waals surface area contributed by atoms with Crippen LogP contribution in [-0.4, -0.2) is 39.8 Å². The first-order valence-electron chi connectivity index (χ1n) is 9.51. The van der Waals surface area contributed by atoms with E-state index in [9.17, 15) is 0 Å². The summed E-state index contributed by atoms with van der Waals surface area (Å²) in [4.78, 5) is 4.27. The van der Waals surface area contributed by atoms with E-state index in [0.29, 0.717) is 6.61 Å². The number of unbranched alkanes of at least 4 members (excludes halogenated alkanes) is 1. The maximum atomic E-state index is 5.70. The molecule has 0 saturated heterocycles. The molecule has 0 fully saturated rings. The number of halogens is 1. The molecule has 0 amide bonds. The van der Waals surface area contributed by atoms with Gasteiger partial charge in [0, 0.05) is 26.7 Å². The molecule has 0 radical (unpaired) electrons. The Labute approximate surface area is 186 Å². The summed E-state index contributed by atoms with van der Waals surface area (Å²) in [7, 11) is 3.50. The second-order valence-corrected chi connectivity index (χ2v) is 6.23. The van der Waals surface area contributed by atoms with Crippen molar-refractivity contribution in [2.24, 2.45) is 4.99 Å². The van der Waals surface area contributed by atoms with Gasteiger partial charge in [-0.05, 0) is 36.5 Å². The van der Waals surface area contributed by atoms with Crippen LogP contribution < -0.4 is 15.4 Å². The normalized spacial score (nSPS) is 10.9. The van der Waals surface area contributed by atoms with Gasteiger partial charge in [0.15, 0.2) is 5.96 Å². The number of nitrogens with zero attached hydrogens (tertiary/aromatic N) is 1. The highest BCUT2D eigenvalue weighted by molar-refractivity contribution is 14.0. The molecular formula is C22H32IN3O2. The molecule has 0 bridgehead atoms. The van der Waals surface area contributed by atoms with Crippen molar-refractivity contribution in [2.45, 2.75) is 25.9 Å². The summed E-state index contributed by atoms with van der Waals surface area (Å²) in [6.07, 6.45) is 2.96. The van der Waals surface area contributed by atoms with Gasteiger partial charge in [-0.1, -0.05) is 48.5 Å². The van der Waals surface area contributed by atoms with E-state index in [4.69, 9.17) is 9.47 Å². The maximum absolute atomic E-state index is 5.70. The smallest absolute Gasteiger partial charge is 0.190 e. The van der Waals surface area contributed by atoms with Crippen LogP contribution in [0.1, 0.15) is 24.0 Å². The van der Waals surface area contributed by atoms with Crippen molar-refractivity contribution in [3.8, 4) is 5.75 Å². The van der Waals surface area contributed by atoms with Gasteiger partial charge < -0.3 is 20.1 Å². The van der Waals surface area contributed by atoms with Gasteiger partial charge in [0.05, 0.1) is 13.7 Å². The summed E-state index contributed by atoms with van der Waals surface area (Å²) in [5.41, 5.74) is 2.41. The Bertz CT molecular complexity index is 680. The van der Waals surface area contributed by atoms with Crippen LogP contribution in [0.3, 0.4) is 0 Å². The Hall–Kier alpha value is -1.80. The number of para-hydroxylation sites is 1. The standard InChI is InChI=1S/C22H31N3O2.HI/c1-23-22(25-16-14-20-12-6-7-13-21(20)26-2)24-15-8-9-17-27-18-19-10-4-3-5-11-19;/h3-7,10-13H,8-9,14-18H2,1-2H3,(H2,23,24,25);1H. The van der Waals surface area contributed by atoms with E-state index in [-0.39, 0.29) is 24.0 Å². The quantitative estimate of drug-likeness (QED) is 0.213. The summed E-state index contributed by atoms with van der Waals surface area (Å²) in [6, 6.07) is 18.4. The molecule has 2 rings (SSSR count). The predicted octanol–water partition coefficient (Wildman–Crippen LogP) is 4.02. The predicted molar refractivity (Wildman–Crippen MR) is 127 cm³/mol. The average Bonchev–Trinajstić information content (AvgIpc) is 2.72. The van der Waals surface area contributed by atoms with Gasteiger partial charge in [0.2, 0.25) is 0 Å². The van der Waals surface area contributed by atoms with E-state index in [1.807, 2.05) is 36.4 Å². The number of methoxy groups -OCH3 is 1. The van der Waals surface area contributed by atoms with Crippen molar-refractivity contribution in [2.75, 3.05) is 33.9 Å². The molecule has 0 aliphatic heterocycles. The SMILES string of the molecule is CN=C(NCCCCOCc1ccccc1)NCCc1ccccc1OC.I. The summed E-state index contributed by atoms with van der Waals surface area (Å²) in [5, 5.41) is 6.69. The van der Waals surface area contributed by atoms with Crippen molar-refractivity contribution >= 4 is 29.9 Å². The van der Waals surface area contributed by atoms with Gasteiger partial charge >= 0.3 is 0 Å². The monoisotopic (exact) mass is 497 g/mol. The highest BCUT2D eigenvalue weighted by Gasteiger charge is 2.02. The molecule has 0 aliphatic rings. The molecule has 0 aliphatic carbocycles. The molecule has 2 aromatic carbocycles. The second-order valence-electron chi connectivity index (χ2n) is 6.23. The van der Waals surface area contributed by atoms with Crippen LogP contribution in [0.2, 0.25) is 0 Å². The van der Waals surface area contributed by atoms with Gasteiger partial charge in [-0.2, -0.15) is 0 Å². The van der Waals surface area contributed by atoms with Crippen molar-refractivity contribution in [3.63, 3.8) is 0 Å². The highest BCUT2D eigenvalue weighted by Crippen LogP contribution is 2.17. The Morgan fingerprint density at radius 3 is 2.39 bits per heavy atom. The lowest BCUT2D eigenvalue weighted by molar-refractivity contribution is 0.117. The third kappa shape index (κ3) is 9.41. The lowest BCUT2D eigenvalue weighted by Crippen LogP contribution is -2.38. The van der Waals surface area contributed by atoms with Crippen molar-refractivity contribution in [1.82, 2.24) is 10.6 Å². The molecule has 0 aromatic heterocycles. The van der Waals surface area contributed by atoms with Gasteiger partial charge in [-0.3, -0.25) is 4.99 Å². The summed E-state index contributed by atoms with van der Waals surface area (Å²) < 4.78 is 11.1. The number of guanidine groups is 1. The Balaban J connectivity index is 0.00000392. The van der Waals surface area contributed by atoms with Crippen LogP contribution >= 0.6 is 24.0 Å². The first kappa shape index (κ1) is 24.2. The largest absolute Gasteiger partial charge is 0.496 e. The van der Waals surface area contributed by atoms with Crippen LogP contribution in [-0.2, 0) is 17.8 Å². The Kier molecular flexibility index (Phi) is 13.1. The molecule has 6 heteroatoms. The number of rotatable bonds is 11. The Morgan fingerprint density at radius 1 is 0.929 bits per heavy atom. The first-order valence-corrected chi connectivity index (χ1v) is 9.51. The molecule has 0 atom stereocenters. The number of benzene rings is 2. The van der Waals surface area contributed by atoms with Crippen molar-refractivity contribution in [3.05, 3.63) is 65.7 Å². The van der Waals surface area contributed by atoms with Crippen molar-refractivity contribution in [1.29, 1.82) is 0 Å². The number of nitrogens with one attached hydrogen (secondary N) is 2. The van der Waals surface area contributed by atoms with Crippen molar-refractivity contribution < 1.29 is 9.47 Å². The van der Waals surface area contributed by atoms with Crippen LogP contribution in [0.25, 0.3) is 0 Å². The third-order valence-corrected chi connectivity index (χ3v) is 4.22. The van der Waals surface area contributed by atoms with Gasteiger partial charge in [-0.15, -0.1) is 24.0 Å². The molecule has 0 heterocycles. The summed E-state index contributed by atoms with van der Waals surface area (Å²) in [6.45, 7) is 3.14. The zero-order valence-electron chi connectivity index (χ0n) is 16.8. The molecule has 2 aromatic rings. The lowest BCUT2D eigenvalue weighted by atomic mass is 10.1. The topological polar surface area (TPSA) is 54.9 Å². The zero-order valence-corrected chi connectivity index (χ0v) is 19.1. The molecule has 0 saturated carbocycles. The molecule has 154 valence electrons.